The molecular weight excluding hydrogens is 307 g/mol. The topological polar surface area (TPSA) is 38.4 Å². The SMILES string of the molecule is O=c1oc2ccccc2n1[C@H]1CCCN(Cc2ccc(F)cc2)C1. The predicted molar refractivity (Wildman–Crippen MR) is 90.4 cm³/mol. The molecule has 0 N–H and O–H groups in total. The molecule has 0 saturated carbocycles. The van der Waals surface area contributed by atoms with Crippen LogP contribution >= 0.6 is 0 Å². The minimum Gasteiger partial charge on any atom is -0.408 e. The first-order valence-electron chi connectivity index (χ1n) is 8.27. The Morgan fingerprint density at radius 1 is 1.12 bits per heavy atom. The molecule has 0 bridgehead atoms. The number of oxazole rings is 1. The van der Waals surface area contributed by atoms with Gasteiger partial charge in [-0.1, -0.05) is 24.3 Å². The van der Waals surface area contributed by atoms with Crippen LogP contribution in [0.2, 0.25) is 0 Å². The van der Waals surface area contributed by atoms with Crippen molar-refractivity contribution in [2.45, 2.75) is 25.4 Å². The lowest BCUT2D eigenvalue weighted by atomic mass is 10.0. The summed E-state index contributed by atoms with van der Waals surface area (Å²) in [5.41, 5.74) is 2.58. The summed E-state index contributed by atoms with van der Waals surface area (Å²) in [7, 11) is 0. The molecule has 0 spiro atoms. The number of halogens is 1. The summed E-state index contributed by atoms with van der Waals surface area (Å²) in [6.45, 7) is 2.54. The zero-order valence-electron chi connectivity index (χ0n) is 13.3. The maximum atomic E-state index is 13.0. The van der Waals surface area contributed by atoms with Crippen LogP contribution in [-0.4, -0.2) is 22.6 Å². The highest BCUT2D eigenvalue weighted by Crippen LogP contribution is 2.25. The second-order valence-corrected chi connectivity index (χ2v) is 6.36. The second kappa shape index (κ2) is 6.24. The summed E-state index contributed by atoms with van der Waals surface area (Å²) in [4.78, 5) is 14.6. The van der Waals surface area contributed by atoms with E-state index in [1.807, 2.05) is 36.4 Å². The summed E-state index contributed by atoms with van der Waals surface area (Å²) in [5.74, 6) is -0.503. The van der Waals surface area contributed by atoms with Crippen molar-refractivity contribution in [2.24, 2.45) is 0 Å². The first kappa shape index (κ1) is 15.1. The molecule has 0 amide bonds. The van der Waals surface area contributed by atoms with E-state index in [1.165, 1.54) is 12.1 Å². The monoisotopic (exact) mass is 326 g/mol. The maximum Gasteiger partial charge on any atom is 0.420 e. The molecular formula is C19H19FN2O2. The third-order valence-electron chi connectivity index (χ3n) is 4.68. The molecule has 124 valence electrons. The van der Waals surface area contributed by atoms with E-state index in [9.17, 15) is 9.18 Å². The van der Waals surface area contributed by atoms with Gasteiger partial charge in [0.1, 0.15) is 5.82 Å². The Bertz CT molecular complexity index is 898. The van der Waals surface area contributed by atoms with E-state index in [0.29, 0.717) is 5.58 Å². The van der Waals surface area contributed by atoms with Crippen molar-refractivity contribution in [1.29, 1.82) is 0 Å². The lowest BCUT2D eigenvalue weighted by Gasteiger charge is -2.33. The van der Waals surface area contributed by atoms with Crippen LogP contribution in [0.4, 0.5) is 4.39 Å². The summed E-state index contributed by atoms with van der Waals surface area (Å²) >= 11 is 0. The zero-order valence-corrected chi connectivity index (χ0v) is 13.3. The largest absolute Gasteiger partial charge is 0.420 e. The van der Waals surface area contributed by atoms with E-state index < -0.39 is 0 Å². The van der Waals surface area contributed by atoms with Crippen molar-refractivity contribution in [1.82, 2.24) is 9.47 Å². The molecule has 1 fully saturated rings. The van der Waals surface area contributed by atoms with Gasteiger partial charge in [-0.3, -0.25) is 9.47 Å². The van der Waals surface area contributed by atoms with E-state index >= 15 is 0 Å². The highest BCUT2D eigenvalue weighted by Gasteiger charge is 2.25. The number of benzene rings is 2. The number of nitrogens with zero attached hydrogens (tertiary/aromatic N) is 2. The lowest BCUT2D eigenvalue weighted by molar-refractivity contribution is 0.168. The van der Waals surface area contributed by atoms with Gasteiger partial charge in [-0.2, -0.15) is 0 Å². The van der Waals surface area contributed by atoms with E-state index in [-0.39, 0.29) is 17.6 Å². The lowest BCUT2D eigenvalue weighted by Crippen LogP contribution is -2.38. The van der Waals surface area contributed by atoms with Crippen molar-refractivity contribution < 1.29 is 8.81 Å². The van der Waals surface area contributed by atoms with Gasteiger partial charge >= 0.3 is 5.76 Å². The van der Waals surface area contributed by atoms with Gasteiger partial charge in [-0.25, -0.2) is 9.18 Å². The van der Waals surface area contributed by atoms with Crippen LogP contribution in [0.3, 0.4) is 0 Å². The molecule has 2 aromatic carbocycles. The summed E-state index contributed by atoms with van der Waals surface area (Å²) in [6, 6.07) is 14.3. The van der Waals surface area contributed by atoms with Crippen LogP contribution < -0.4 is 5.76 Å². The summed E-state index contributed by atoms with van der Waals surface area (Å²) in [6.07, 6.45) is 1.99. The molecule has 0 unspecified atom stereocenters. The Labute approximate surface area is 139 Å². The molecule has 0 radical (unpaired) electrons. The minimum absolute atomic E-state index is 0.107. The average molecular weight is 326 g/mol. The standard InChI is InChI=1S/C19H19FN2O2/c20-15-9-7-14(8-10-15)12-21-11-3-4-16(13-21)22-17-5-1-2-6-18(17)24-19(22)23/h1-2,5-10,16H,3-4,11-13H2/t16-/m0/s1. The predicted octanol–water partition coefficient (Wildman–Crippen LogP) is 3.57. The first-order valence-corrected chi connectivity index (χ1v) is 8.27. The molecule has 0 aliphatic carbocycles. The Hall–Kier alpha value is -2.40. The van der Waals surface area contributed by atoms with Gasteiger partial charge in [0, 0.05) is 13.1 Å². The minimum atomic E-state index is -0.287. The van der Waals surface area contributed by atoms with Gasteiger partial charge in [0.05, 0.1) is 11.6 Å². The van der Waals surface area contributed by atoms with Crippen molar-refractivity contribution in [2.75, 3.05) is 13.1 Å². The molecule has 24 heavy (non-hydrogen) atoms. The number of rotatable bonds is 3. The second-order valence-electron chi connectivity index (χ2n) is 6.36. The van der Waals surface area contributed by atoms with E-state index in [4.69, 9.17) is 4.42 Å². The van der Waals surface area contributed by atoms with Gasteiger partial charge in [0.25, 0.3) is 0 Å². The first-order chi connectivity index (χ1) is 11.7. The summed E-state index contributed by atoms with van der Waals surface area (Å²) < 4.78 is 20.2. The van der Waals surface area contributed by atoms with E-state index in [1.54, 1.807) is 4.57 Å². The third kappa shape index (κ3) is 2.87. The molecule has 1 aliphatic heterocycles. The fourth-order valence-corrected chi connectivity index (χ4v) is 3.56. The number of aromatic nitrogens is 1. The molecule has 1 aliphatic rings. The van der Waals surface area contributed by atoms with Gasteiger partial charge in [0.2, 0.25) is 0 Å². The van der Waals surface area contributed by atoms with Crippen molar-refractivity contribution in [3.05, 3.63) is 70.5 Å². The fourth-order valence-electron chi connectivity index (χ4n) is 3.56. The molecule has 4 rings (SSSR count). The Morgan fingerprint density at radius 3 is 2.75 bits per heavy atom. The quantitative estimate of drug-likeness (QED) is 0.738. The molecule has 2 heterocycles. The molecule has 3 aromatic rings. The number of hydrogen-bond donors (Lipinski definition) is 0. The average Bonchev–Trinajstić information content (AvgIpc) is 2.93. The van der Waals surface area contributed by atoms with Gasteiger partial charge in [-0.05, 0) is 49.2 Å². The third-order valence-corrected chi connectivity index (χ3v) is 4.68. The van der Waals surface area contributed by atoms with Gasteiger partial charge in [0.15, 0.2) is 5.58 Å². The van der Waals surface area contributed by atoms with Gasteiger partial charge in [-0.15, -0.1) is 0 Å². The van der Waals surface area contributed by atoms with Crippen molar-refractivity contribution in [3.8, 4) is 0 Å². The number of hydrogen-bond acceptors (Lipinski definition) is 3. The van der Waals surface area contributed by atoms with Gasteiger partial charge < -0.3 is 4.42 Å². The molecule has 5 heteroatoms. The highest BCUT2D eigenvalue weighted by molar-refractivity contribution is 5.72. The van der Waals surface area contributed by atoms with Crippen molar-refractivity contribution in [3.63, 3.8) is 0 Å². The van der Waals surface area contributed by atoms with Crippen LogP contribution in [0.15, 0.2) is 57.7 Å². The normalized spacial score (nSPS) is 19.0. The number of fused-ring (bicyclic) bond motifs is 1. The Balaban J connectivity index is 1.57. The smallest absolute Gasteiger partial charge is 0.408 e. The Morgan fingerprint density at radius 2 is 1.92 bits per heavy atom. The van der Waals surface area contributed by atoms with Crippen LogP contribution in [0.25, 0.3) is 11.1 Å². The molecule has 1 atom stereocenters. The van der Waals surface area contributed by atoms with E-state index in [2.05, 4.69) is 4.90 Å². The number of likely N-dealkylation sites (tertiary alicyclic amines) is 1. The van der Waals surface area contributed by atoms with Crippen LogP contribution in [-0.2, 0) is 6.54 Å². The zero-order chi connectivity index (χ0) is 16.5. The van der Waals surface area contributed by atoms with E-state index in [0.717, 1.165) is 43.6 Å². The fraction of sp³-hybridized carbons (Fsp3) is 0.316. The van der Waals surface area contributed by atoms with Crippen LogP contribution in [0.1, 0.15) is 24.4 Å². The van der Waals surface area contributed by atoms with Crippen LogP contribution in [0.5, 0.6) is 0 Å². The molecule has 4 nitrogen and oxygen atoms in total. The van der Waals surface area contributed by atoms with Crippen LogP contribution in [0, 0.1) is 5.82 Å². The summed E-state index contributed by atoms with van der Waals surface area (Å²) in [5, 5.41) is 0. The number of piperidine rings is 1. The molecule has 1 aromatic heterocycles. The maximum absolute atomic E-state index is 13.0. The Kier molecular flexibility index (Phi) is 3.94. The number of para-hydroxylation sites is 2. The highest BCUT2D eigenvalue weighted by atomic mass is 19.1. The molecule has 1 saturated heterocycles. The van der Waals surface area contributed by atoms with Crippen molar-refractivity contribution >= 4 is 11.1 Å².